The zero-order chi connectivity index (χ0) is 17.5. The van der Waals surface area contributed by atoms with Crippen molar-refractivity contribution >= 4 is 12.0 Å². The smallest absolute Gasteiger partial charge is 0.326 e. The molecule has 1 aromatic carbocycles. The Morgan fingerprint density at radius 3 is 2.58 bits per heavy atom. The lowest BCUT2D eigenvalue weighted by Crippen LogP contribution is -2.46. The normalized spacial score (nSPS) is 12.0. The number of rotatable bonds is 7. The Morgan fingerprint density at radius 1 is 1.25 bits per heavy atom. The van der Waals surface area contributed by atoms with Crippen molar-refractivity contribution in [3.63, 3.8) is 0 Å². The molecule has 2 amide bonds. The van der Waals surface area contributed by atoms with Gasteiger partial charge in [-0.2, -0.15) is 0 Å². The van der Waals surface area contributed by atoms with E-state index in [1.807, 2.05) is 44.2 Å². The number of aliphatic carboxylic acids is 1. The van der Waals surface area contributed by atoms with Crippen LogP contribution in [-0.2, 0) is 11.3 Å². The molecule has 0 saturated carbocycles. The zero-order valence-electron chi connectivity index (χ0n) is 13.6. The molecule has 2 rings (SSSR count). The Morgan fingerprint density at radius 2 is 1.96 bits per heavy atom. The minimum atomic E-state index is -1.05. The Labute approximate surface area is 139 Å². The molecule has 2 aromatic rings. The Hall–Kier alpha value is -2.90. The van der Waals surface area contributed by atoms with E-state index in [0.29, 0.717) is 12.1 Å². The lowest BCUT2D eigenvalue weighted by atomic mass is 10.0. The number of hydrogen-bond donors (Lipinski definition) is 3. The summed E-state index contributed by atoms with van der Waals surface area (Å²) in [5.74, 6) is -0.883. The van der Waals surface area contributed by atoms with Crippen LogP contribution in [-0.4, -0.2) is 38.1 Å². The molecule has 1 aromatic heterocycles. The largest absolute Gasteiger partial charge is 0.480 e. The molecule has 0 spiro atoms. The van der Waals surface area contributed by atoms with Crippen molar-refractivity contribution in [3.05, 3.63) is 42.2 Å². The molecule has 0 unspecified atom stereocenters. The summed E-state index contributed by atoms with van der Waals surface area (Å²) in [5.41, 5.74) is 1.44. The minimum Gasteiger partial charge on any atom is -0.480 e. The highest BCUT2D eigenvalue weighted by molar-refractivity contribution is 5.82. The number of aromatic nitrogens is 3. The number of nitrogens with one attached hydrogen (secondary N) is 2. The fraction of sp³-hybridized carbons (Fsp3) is 0.375. The van der Waals surface area contributed by atoms with Gasteiger partial charge in [-0.15, -0.1) is 5.10 Å². The van der Waals surface area contributed by atoms with Crippen molar-refractivity contribution in [3.8, 4) is 5.69 Å². The maximum atomic E-state index is 11.8. The van der Waals surface area contributed by atoms with Gasteiger partial charge in [0, 0.05) is 0 Å². The Bertz CT molecular complexity index is 684. The highest BCUT2D eigenvalue weighted by Gasteiger charge is 2.20. The van der Waals surface area contributed by atoms with Gasteiger partial charge >= 0.3 is 12.0 Å². The van der Waals surface area contributed by atoms with Gasteiger partial charge < -0.3 is 15.7 Å². The summed E-state index contributed by atoms with van der Waals surface area (Å²) in [6, 6.07) is 8.02. The van der Waals surface area contributed by atoms with Crippen LogP contribution in [0.3, 0.4) is 0 Å². The number of carbonyl (C=O) groups excluding carboxylic acids is 1. The van der Waals surface area contributed by atoms with Crippen LogP contribution in [0.4, 0.5) is 4.79 Å². The Balaban J connectivity index is 1.88. The van der Waals surface area contributed by atoms with Crippen molar-refractivity contribution in [2.75, 3.05) is 0 Å². The number of hydrogen-bond acceptors (Lipinski definition) is 4. The van der Waals surface area contributed by atoms with E-state index in [1.54, 1.807) is 10.9 Å². The first-order chi connectivity index (χ1) is 11.5. The quantitative estimate of drug-likeness (QED) is 0.713. The van der Waals surface area contributed by atoms with E-state index >= 15 is 0 Å². The minimum absolute atomic E-state index is 0.159. The van der Waals surface area contributed by atoms with Crippen LogP contribution in [0.5, 0.6) is 0 Å². The molecule has 128 valence electrons. The molecule has 1 atom stereocenters. The Kier molecular flexibility index (Phi) is 5.89. The maximum Gasteiger partial charge on any atom is 0.326 e. The van der Waals surface area contributed by atoms with Gasteiger partial charge in [0.05, 0.1) is 18.4 Å². The van der Waals surface area contributed by atoms with Gasteiger partial charge in [0.15, 0.2) is 0 Å². The number of amides is 2. The van der Waals surface area contributed by atoms with Gasteiger partial charge in [-0.25, -0.2) is 14.3 Å². The van der Waals surface area contributed by atoms with Crippen molar-refractivity contribution in [2.24, 2.45) is 5.92 Å². The second-order valence-electron chi connectivity index (χ2n) is 5.84. The van der Waals surface area contributed by atoms with Gasteiger partial charge in [-0.05, 0) is 24.5 Å². The van der Waals surface area contributed by atoms with Crippen LogP contribution in [0.1, 0.15) is 26.0 Å². The number of carboxylic acids is 1. The first-order valence-electron chi connectivity index (χ1n) is 7.69. The monoisotopic (exact) mass is 331 g/mol. The molecule has 0 fully saturated rings. The second-order valence-corrected chi connectivity index (χ2v) is 5.84. The summed E-state index contributed by atoms with van der Waals surface area (Å²) in [6.45, 7) is 3.96. The third kappa shape index (κ3) is 5.08. The van der Waals surface area contributed by atoms with Crippen molar-refractivity contribution in [1.29, 1.82) is 0 Å². The summed E-state index contributed by atoms with van der Waals surface area (Å²) in [4.78, 5) is 23.0. The van der Waals surface area contributed by atoms with Crippen molar-refractivity contribution in [1.82, 2.24) is 25.6 Å². The van der Waals surface area contributed by atoms with Crippen LogP contribution in [0, 0.1) is 5.92 Å². The molecule has 0 saturated heterocycles. The van der Waals surface area contributed by atoms with E-state index in [-0.39, 0.29) is 12.5 Å². The average Bonchev–Trinajstić information content (AvgIpc) is 3.01. The van der Waals surface area contributed by atoms with Gasteiger partial charge in [0.1, 0.15) is 11.7 Å². The van der Waals surface area contributed by atoms with E-state index in [4.69, 9.17) is 5.11 Å². The zero-order valence-corrected chi connectivity index (χ0v) is 13.6. The van der Waals surface area contributed by atoms with Crippen LogP contribution < -0.4 is 10.6 Å². The molecular weight excluding hydrogens is 310 g/mol. The van der Waals surface area contributed by atoms with Gasteiger partial charge in [0.25, 0.3) is 0 Å². The van der Waals surface area contributed by atoms with Crippen LogP contribution in [0.25, 0.3) is 5.69 Å². The summed E-state index contributed by atoms with van der Waals surface area (Å²) in [6.07, 6.45) is 2.07. The first kappa shape index (κ1) is 17.5. The molecule has 8 nitrogen and oxygen atoms in total. The number of para-hydroxylation sites is 1. The molecule has 0 bridgehead atoms. The average molecular weight is 331 g/mol. The number of benzene rings is 1. The van der Waals surface area contributed by atoms with Crippen LogP contribution in [0.2, 0.25) is 0 Å². The summed E-state index contributed by atoms with van der Waals surface area (Å²) in [7, 11) is 0. The molecule has 3 N–H and O–H groups in total. The van der Waals surface area contributed by atoms with Crippen LogP contribution in [0.15, 0.2) is 36.5 Å². The van der Waals surface area contributed by atoms with E-state index in [0.717, 1.165) is 5.69 Å². The molecule has 0 radical (unpaired) electrons. The fourth-order valence-electron chi connectivity index (χ4n) is 2.16. The standard InChI is InChI=1S/C16H21N5O3/c1-11(2)8-14(15(22)23)18-16(24)17-9-12-10-21(20-19-12)13-6-4-3-5-7-13/h3-7,10-11,14H,8-9H2,1-2H3,(H,22,23)(H2,17,18,24)/t14-/m0/s1. The van der Waals surface area contributed by atoms with Gasteiger partial charge in [-0.1, -0.05) is 37.3 Å². The van der Waals surface area contributed by atoms with E-state index in [9.17, 15) is 9.59 Å². The highest BCUT2D eigenvalue weighted by Crippen LogP contribution is 2.06. The second kappa shape index (κ2) is 8.09. The van der Waals surface area contributed by atoms with Gasteiger partial charge in [-0.3, -0.25) is 0 Å². The number of carbonyl (C=O) groups is 2. The lowest BCUT2D eigenvalue weighted by Gasteiger charge is -2.16. The van der Waals surface area contributed by atoms with E-state index < -0.39 is 18.0 Å². The molecule has 0 aliphatic heterocycles. The van der Waals surface area contributed by atoms with Crippen LogP contribution >= 0.6 is 0 Å². The molecule has 24 heavy (non-hydrogen) atoms. The predicted molar refractivity (Wildman–Crippen MR) is 87.6 cm³/mol. The van der Waals surface area contributed by atoms with Gasteiger partial charge in [0.2, 0.25) is 0 Å². The predicted octanol–water partition coefficient (Wildman–Crippen LogP) is 1.57. The molecule has 1 heterocycles. The van der Waals surface area contributed by atoms with Crippen molar-refractivity contribution in [2.45, 2.75) is 32.9 Å². The third-order valence-electron chi connectivity index (χ3n) is 3.30. The number of carboxylic acid groups (broad SMARTS) is 1. The maximum absolute atomic E-state index is 11.8. The lowest BCUT2D eigenvalue weighted by molar-refractivity contribution is -0.139. The molecule has 8 heteroatoms. The molecular formula is C16H21N5O3. The summed E-state index contributed by atoms with van der Waals surface area (Å²) in [5, 5.41) is 22.1. The van der Waals surface area contributed by atoms with E-state index in [1.165, 1.54) is 0 Å². The fourth-order valence-corrected chi connectivity index (χ4v) is 2.16. The third-order valence-corrected chi connectivity index (χ3v) is 3.30. The summed E-state index contributed by atoms with van der Waals surface area (Å²) >= 11 is 0. The van der Waals surface area contributed by atoms with Crippen molar-refractivity contribution < 1.29 is 14.7 Å². The number of nitrogens with zero attached hydrogens (tertiary/aromatic N) is 3. The summed E-state index contributed by atoms with van der Waals surface area (Å²) < 4.78 is 1.60. The number of urea groups is 1. The highest BCUT2D eigenvalue weighted by atomic mass is 16.4. The molecule has 0 aliphatic carbocycles. The first-order valence-corrected chi connectivity index (χ1v) is 7.69. The molecule has 0 aliphatic rings. The SMILES string of the molecule is CC(C)C[C@H](NC(=O)NCc1cn(-c2ccccc2)nn1)C(=O)O. The topological polar surface area (TPSA) is 109 Å². The van der Waals surface area contributed by atoms with E-state index in [2.05, 4.69) is 20.9 Å².